The van der Waals surface area contributed by atoms with Gasteiger partial charge in [0.05, 0.1) is 11.0 Å². The molecule has 0 amide bonds. The molecule has 0 saturated heterocycles. The van der Waals surface area contributed by atoms with Crippen molar-refractivity contribution in [3.05, 3.63) is 54.9 Å². The maximum atomic E-state index is 5.82. The van der Waals surface area contributed by atoms with E-state index in [2.05, 4.69) is 15.2 Å². The number of nitrogens with zero attached hydrogens (tertiary/aromatic N) is 4. The predicted molar refractivity (Wildman–Crippen MR) is 79.2 cm³/mol. The second-order valence-electron chi connectivity index (χ2n) is 4.60. The van der Waals surface area contributed by atoms with E-state index >= 15 is 0 Å². The van der Waals surface area contributed by atoms with Crippen LogP contribution in [-0.2, 0) is 0 Å². The minimum atomic E-state index is 0.413. The average Bonchev–Trinajstić information content (AvgIpc) is 3.00. The van der Waals surface area contributed by atoms with E-state index in [9.17, 15) is 0 Å². The van der Waals surface area contributed by atoms with E-state index in [0.717, 1.165) is 11.0 Å². The van der Waals surface area contributed by atoms with Gasteiger partial charge in [-0.15, -0.1) is 10.2 Å². The number of hydrogen-bond acceptors (Lipinski definition) is 5. The van der Waals surface area contributed by atoms with Crippen molar-refractivity contribution in [3.63, 3.8) is 0 Å². The van der Waals surface area contributed by atoms with Crippen LogP contribution in [-0.4, -0.2) is 19.6 Å². The lowest BCUT2D eigenvalue weighted by atomic mass is 10.3. The summed E-state index contributed by atoms with van der Waals surface area (Å²) in [6, 6.07) is 14.9. The molecule has 0 aliphatic rings. The van der Waals surface area contributed by atoms with Crippen LogP contribution in [0.25, 0.3) is 16.7 Å². The zero-order chi connectivity index (χ0) is 14.2. The van der Waals surface area contributed by atoms with Crippen LogP contribution < -0.4 is 10.5 Å². The zero-order valence-electron chi connectivity index (χ0n) is 11.0. The molecule has 2 aromatic carbocycles. The van der Waals surface area contributed by atoms with E-state index in [-0.39, 0.29) is 0 Å². The number of hydrogen-bond donors (Lipinski definition) is 1. The largest absolute Gasteiger partial charge is 0.436 e. The Balaban J connectivity index is 1.90. The highest BCUT2D eigenvalue weighted by Crippen LogP contribution is 2.26. The lowest BCUT2D eigenvalue weighted by Gasteiger charge is -2.08. The minimum Gasteiger partial charge on any atom is -0.436 e. The first-order chi connectivity index (χ1) is 10.3. The number of fused-ring (bicyclic) bond motifs is 3. The summed E-state index contributed by atoms with van der Waals surface area (Å²) in [5.74, 6) is 1.06. The molecule has 0 atom stereocenters. The van der Waals surface area contributed by atoms with Crippen LogP contribution in [0.3, 0.4) is 0 Å². The molecule has 2 heterocycles. The minimum absolute atomic E-state index is 0.413. The Kier molecular flexibility index (Phi) is 2.47. The summed E-state index contributed by atoms with van der Waals surface area (Å²) < 4.78 is 7.68. The Morgan fingerprint density at radius 2 is 1.81 bits per heavy atom. The maximum absolute atomic E-state index is 5.82. The highest BCUT2D eigenvalue weighted by molar-refractivity contribution is 5.79. The van der Waals surface area contributed by atoms with E-state index in [1.807, 2.05) is 28.7 Å². The van der Waals surface area contributed by atoms with Gasteiger partial charge in [0.15, 0.2) is 0 Å². The monoisotopic (exact) mass is 277 g/mol. The van der Waals surface area contributed by atoms with Crippen LogP contribution in [0.5, 0.6) is 11.6 Å². The molecule has 0 unspecified atom stereocenters. The molecule has 0 spiro atoms. The van der Waals surface area contributed by atoms with E-state index in [4.69, 9.17) is 10.5 Å². The van der Waals surface area contributed by atoms with Crippen LogP contribution in [0, 0.1) is 0 Å². The van der Waals surface area contributed by atoms with Gasteiger partial charge in [-0.1, -0.05) is 12.1 Å². The fourth-order valence-corrected chi connectivity index (χ4v) is 2.19. The molecule has 4 rings (SSSR count). The summed E-state index contributed by atoms with van der Waals surface area (Å²) in [4.78, 5) is 4.52. The van der Waals surface area contributed by atoms with Crippen molar-refractivity contribution in [2.24, 2.45) is 0 Å². The van der Waals surface area contributed by atoms with Crippen LogP contribution in [0.4, 0.5) is 5.69 Å². The van der Waals surface area contributed by atoms with E-state index < -0.39 is 0 Å². The van der Waals surface area contributed by atoms with Crippen molar-refractivity contribution in [3.8, 4) is 11.6 Å². The SMILES string of the molecule is Nc1ccc(Oc2nc3ccccc3n3cnnc23)cc1. The number of para-hydroxylation sites is 2. The molecule has 6 nitrogen and oxygen atoms in total. The van der Waals surface area contributed by atoms with Crippen molar-refractivity contribution < 1.29 is 4.74 Å². The number of anilines is 1. The Labute approximate surface area is 119 Å². The number of aromatic nitrogens is 4. The van der Waals surface area contributed by atoms with Gasteiger partial charge in [0, 0.05) is 5.69 Å². The Hall–Kier alpha value is -3.15. The topological polar surface area (TPSA) is 78.3 Å². The average molecular weight is 277 g/mol. The number of benzene rings is 2. The van der Waals surface area contributed by atoms with Gasteiger partial charge in [0.1, 0.15) is 12.1 Å². The van der Waals surface area contributed by atoms with Crippen molar-refractivity contribution in [2.75, 3.05) is 5.73 Å². The van der Waals surface area contributed by atoms with Gasteiger partial charge in [-0.25, -0.2) is 4.98 Å². The number of nitrogens with two attached hydrogens (primary N) is 1. The fourth-order valence-electron chi connectivity index (χ4n) is 2.19. The third kappa shape index (κ3) is 1.93. The number of rotatable bonds is 2. The Morgan fingerprint density at radius 3 is 2.67 bits per heavy atom. The molecule has 2 aromatic heterocycles. The smallest absolute Gasteiger partial charge is 0.266 e. The molecule has 0 saturated carbocycles. The molecule has 4 aromatic rings. The predicted octanol–water partition coefficient (Wildman–Crippen LogP) is 2.65. The van der Waals surface area contributed by atoms with Crippen LogP contribution >= 0.6 is 0 Å². The first-order valence-electron chi connectivity index (χ1n) is 6.43. The molecular weight excluding hydrogens is 266 g/mol. The summed E-state index contributed by atoms with van der Waals surface area (Å²) in [6.07, 6.45) is 1.65. The molecule has 102 valence electrons. The quantitative estimate of drug-likeness (QED) is 0.570. The third-order valence-corrected chi connectivity index (χ3v) is 3.20. The molecule has 0 radical (unpaired) electrons. The standard InChI is InChI=1S/C15H11N5O/c16-10-5-7-11(8-6-10)21-15-14-19-17-9-20(14)13-4-2-1-3-12(13)18-15/h1-9H,16H2. The molecule has 6 heteroatoms. The number of nitrogen functional groups attached to an aromatic ring is 1. The van der Waals surface area contributed by atoms with Gasteiger partial charge in [0.2, 0.25) is 5.65 Å². The van der Waals surface area contributed by atoms with Gasteiger partial charge in [-0.2, -0.15) is 0 Å². The maximum Gasteiger partial charge on any atom is 0.266 e. The second kappa shape index (κ2) is 4.45. The summed E-state index contributed by atoms with van der Waals surface area (Å²) in [5.41, 5.74) is 8.67. The summed E-state index contributed by atoms with van der Waals surface area (Å²) >= 11 is 0. The molecule has 0 bridgehead atoms. The fraction of sp³-hybridized carbons (Fsp3) is 0. The van der Waals surface area contributed by atoms with Crippen LogP contribution in [0.1, 0.15) is 0 Å². The van der Waals surface area contributed by atoms with Gasteiger partial charge < -0.3 is 10.5 Å². The lowest BCUT2D eigenvalue weighted by Crippen LogP contribution is -1.96. The normalized spacial score (nSPS) is 11.0. The second-order valence-corrected chi connectivity index (χ2v) is 4.60. The van der Waals surface area contributed by atoms with Crippen molar-refractivity contribution >= 4 is 22.4 Å². The van der Waals surface area contributed by atoms with Crippen molar-refractivity contribution in [1.29, 1.82) is 0 Å². The lowest BCUT2D eigenvalue weighted by molar-refractivity contribution is 0.467. The zero-order valence-corrected chi connectivity index (χ0v) is 11.0. The molecule has 0 fully saturated rings. The van der Waals surface area contributed by atoms with Gasteiger partial charge in [-0.05, 0) is 36.4 Å². The molecule has 2 N–H and O–H groups in total. The Morgan fingerprint density at radius 1 is 1.00 bits per heavy atom. The molecular formula is C15H11N5O. The summed E-state index contributed by atoms with van der Waals surface area (Å²) in [5, 5.41) is 8.02. The Bertz CT molecular complexity index is 930. The molecule has 0 aliphatic carbocycles. The van der Waals surface area contributed by atoms with E-state index in [1.165, 1.54) is 0 Å². The van der Waals surface area contributed by atoms with Gasteiger partial charge in [-0.3, -0.25) is 4.40 Å². The number of ether oxygens (including phenoxy) is 1. The van der Waals surface area contributed by atoms with E-state index in [0.29, 0.717) is 23.0 Å². The first-order valence-corrected chi connectivity index (χ1v) is 6.43. The summed E-state index contributed by atoms with van der Waals surface area (Å²) in [6.45, 7) is 0. The molecule has 21 heavy (non-hydrogen) atoms. The van der Waals surface area contributed by atoms with E-state index in [1.54, 1.807) is 30.6 Å². The van der Waals surface area contributed by atoms with Gasteiger partial charge >= 0.3 is 0 Å². The highest BCUT2D eigenvalue weighted by atomic mass is 16.5. The third-order valence-electron chi connectivity index (χ3n) is 3.20. The van der Waals surface area contributed by atoms with Crippen molar-refractivity contribution in [2.45, 2.75) is 0 Å². The van der Waals surface area contributed by atoms with Crippen LogP contribution in [0.15, 0.2) is 54.9 Å². The summed E-state index contributed by atoms with van der Waals surface area (Å²) in [7, 11) is 0. The van der Waals surface area contributed by atoms with Crippen LogP contribution in [0.2, 0.25) is 0 Å². The first kappa shape index (κ1) is 11.7. The molecule has 0 aliphatic heterocycles. The van der Waals surface area contributed by atoms with Gasteiger partial charge in [0.25, 0.3) is 5.88 Å². The van der Waals surface area contributed by atoms with Crippen molar-refractivity contribution in [1.82, 2.24) is 19.6 Å². The highest BCUT2D eigenvalue weighted by Gasteiger charge is 2.11.